The van der Waals surface area contributed by atoms with Crippen LogP contribution in [0, 0.1) is 11.8 Å². The highest BCUT2D eigenvalue weighted by Crippen LogP contribution is 2.37. The van der Waals surface area contributed by atoms with Gasteiger partial charge in [-0.3, -0.25) is 25.2 Å². The summed E-state index contributed by atoms with van der Waals surface area (Å²) in [5, 5.41) is 0.485. The number of hydrogen-bond donors (Lipinski definition) is 3. The quantitative estimate of drug-likeness (QED) is 0.662. The van der Waals surface area contributed by atoms with Gasteiger partial charge in [0, 0.05) is 22.2 Å². The summed E-state index contributed by atoms with van der Waals surface area (Å²) in [6.07, 6.45) is 0.797. The van der Waals surface area contributed by atoms with Crippen LogP contribution in [0.3, 0.4) is 0 Å². The van der Waals surface area contributed by atoms with Crippen molar-refractivity contribution in [1.82, 2.24) is 10.9 Å². The van der Waals surface area contributed by atoms with Crippen LogP contribution in [0.5, 0.6) is 0 Å². The van der Waals surface area contributed by atoms with Crippen molar-refractivity contribution in [3.63, 3.8) is 0 Å². The average Bonchev–Trinajstić information content (AvgIpc) is 3.38. The predicted octanol–water partition coefficient (Wildman–Crippen LogP) is 2.56. The zero-order valence-electron chi connectivity index (χ0n) is 14.4. The molecule has 3 rings (SSSR count). The van der Waals surface area contributed by atoms with Gasteiger partial charge >= 0.3 is 0 Å². The van der Waals surface area contributed by atoms with Crippen LogP contribution >= 0.6 is 11.6 Å². The molecule has 3 N–H and O–H groups in total. The number of nitrogens with one attached hydrogen (secondary N) is 3. The van der Waals surface area contributed by atoms with E-state index in [1.165, 1.54) is 36.4 Å². The number of hydrazine groups is 1. The summed E-state index contributed by atoms with van der Waals surface area (Å²) in [5.41, 5.74) is 5.12. The van der Waals surface area contributed by atoms with E-state index in [-0.39, 0.29) is 22.3 Å². The maximum absolute atomic E-state index is 12.5. The molecule has 0 heterocycles. The fraction of sp³-hybridized carbons (Fsp3) is 0.222. The van der Waals surface area contributed by atoms with Crippen molar-refractivity contribution >= 4 is 39.1 Å². The van der Waals surface area contributed by atoms with E-state index in [9.17, 15) is 18.0 Å². The molecular weight excluding hydrogens is 390 g/mol. The monoisotopic (exact) mass is 407 g/mol. The standard InChI is InChI=1S/C18H18ClN3O4S/c1-11-9-16(11)18(24)21-20-17(23)12-3-2-4-15(10-12)27(25,26)22-14-7-5-13(19)6-8-14/h2-8,10-11,16,22H,9H2,1H3,(H,20,23)(H,21,24)/t11-,16-/m1/s1. The number of rotatable bonds is 5. The van der Waals surface area contributed by atoms with E-state index < -0.39 is 15.9 Å². The first-order valence-corrected chi connectivity index (χ1v) is 10.1. The van der Waals surface area contributed by atoms with Crippen LogP contribution in [0.15, 0.2) is 53.4 Å². The van der Waals surface area contributed by atoms with Gasteiger partial charge in [-0.2, -0.15) is 0 Å². The first kappa shape index (κ1) is 19.2. The Bertz CT molecular complexity index is 976. The minimum atomic E-state index is -3.88. The first-order valence-electron chi connectivity index (χ1n) is 8.25. The van der Waals surface area contributed by atoms with Gasteiger partial charge in [0.2, 0.25) is 5.91 Å². The largest absolute Gasteiger partial charge is 0.280 e. The second-order valence-corrected chi connectivity index (χ2v) is 8.52. The number of carbonyl (C=O) groups excluding carboxylic acids is 2. The van der Waals surface area contributed by atoms with E-state index >= 15 is 0 Å². The Kier molecular flexibility index (Phi) is 5.38. The van der Waals surface area contributed by atoms with Gasteiger partial charge in [-0.25, -0.2) is 8.42 Å². The van der Waals surface area contributed by atoms with Crippen molar-refractivity contribution in [2.75, 3.05) is 4.72 Å². The lowest BCUT2D eigenvalue weighted by molar-refractivity contribution is -0.123. The topological polar surface area (TPSA) is 104 Å². The summed E-state index contributed by atoms with van der Waals surface area (Å²) in [7, 11) is -3.88. The van der Waals surface area contributed by atoms with Crippen LogP contribution in [0.25, 0.3) is 0 Å². The van der Waals surface area contributed by atoms with Gasteiger partial charge in [-0.1, -0.05) is 24.6 Å². The molecule has 7 nitrogen and oxygen atoms in total. The molecule has 9 heteroatoms. The normalized spacial score (nSPS) is 18.4. The molecule has 2 aromatic rings. The Morgan fingerprint density at radius 2 is 1.74 bits per heavy atom. The van der Waals surface area contributed by atoms with Crippen LogP contribution in [-0.2, 0) is 14.8 Å². The summed E-state index contributed by atoms with van der Waals surface area (Å²) in [6.45, 7) is 1.95. The number of benzene rings is 2. The highest BCUT2D eigenvalue weighted by molar-refractivity contribution is 7.92. The Balaban J connectivity index is 1.69. The fourth-order valence-corrected chi connectivity index (χ4v) is 3.74. The van der Waals surface area contributed by atoms with E-state index in [0.717, 1.165) is 6.42 Å². The molecule has 0 saturated heterocycles. The fourth-order valence-electron chi connectivity index (χ4n) is 2.51. The number of carbonyl (C=O) groups is 2. The number of amides is 2. The lowest BCUT2D eigenvalue weighted by atomic mass is 10.2. The van der Waals surface area contributed by atoms with Crippen molar-refractivity contribution < 1.29 is 18.0 Å². The third kappa shape index (κ3) is 4.78. The van der Waals surface area contributed by atoms with Crippen molar-refractivity contribution in [2.45, 2.75) is 18.2 Å². The maximum Gasteiger partial charge on any atom is 0.269 e. The van der Waals surface area contributed by atoms with Gasteiger partial charge in [-0.05, 0) is 54.8 Å². The van der Waals surface area contributed by atoms with Crippen LogP contribution in [0.1, 0.15) is 23.7 Å². The molecule has 1 aliphatic carbocycles. The number of anilines is 1. The highest BCUT2D eigenvalue weighted by atomic mass is 35.5. The van der Waals surface area contributed by atoms with Gasteiger partial charge in [0.05, 0.1) is 4.90 Å². The second kappa shape index (κ2) is 7.58. The Labute approximate surface area is 162 Å². The van der Waals surface area contributed by atoms with Gasteiger partial charge < -0.3 is 0 Å². The molecule has 2 atom stereocenters. The third-order valence-corrected chi connectivity index (χ3v) is 5.88. The van der Waals surface area contributed by atoms with Crippen LogP contribution in [0.4, 0.5) is 5.69 Å². The predicted molar refractivity (Wildman–Crippen MR) is 102 cm³/mol. The molecule has 0 unspecified atom stereocenters. The van der Waals surface area contributed by atoms with Crippen molar-refractivity contribution in [3.8, 4) is 0 Å². The Hall–Kier alpha value is -2.58. The zero-order chi connectivity index (χ0) is 19.6. The van der Waals surface area contributed by atoms with E-state index in [4.69, 9.17) is 11.6 Å². The minimum absolute atomic E-state index is 0.0766. The maximum atomic E-state index is 12.5. The Morgan fingerprint density at radius 3 is 2.37 bits per heavy atom. The number of hydrogen-bond acceptors (Lipinski definition) is 4. The smallest absolute Gasteiger partial charge is 0.269 e. The Morgan fingerprint density at radius 1 is 1.07 bits per heavy atom. The molecule has 1 fully saturated rings. The summed E-state index contributed by atoms with van der Waals surface area (Å²) in [5.74, 6) is -0.612. The minimum Gasteiger partial charge on any atom is -0.280 e. The molecule has 0 radical (unpaired) electrons. The molecule has 0 aliphatic heterocycles. The molecule has 1 aliphatic rings. The molecule has 0 aromatic heterocycles. The third-order valence-electron chi connectivity index (χ3n) is 4.25. The summed E-state index contributed by atoms with van der Waals surface area (Å²) in [4.78, 5) is 23.9. The first-order chi connectivity index (χ1) is 12.8. The van der Waals surface area contributed by atoms with Gasteiger partial charge in [-0.15, -0.1) is 0 Å². The SMILES string of the molecule is C[C@@H]1C[C@H]1C(=O)NNC(=O)c1cccc(S(=O)(=O)Nc2ccc(Cl)cc2)c1. The van der Waals surface area contributed by atoms with Gasteiger partial charge in [0.1, 0.15) is 0 Å². The number of halogens is 1. The lowest BCUT2D eigenvalue weighted by Gasteiger charge is -2.10. The highest BCUT2D eigenvalue weighted by Gasteiger charge is 2.39. The molecule has 142 valence electrons. The summed E-state index contributed by atoms with van der Waals surface area (Å²) in [6, 6.07) is 11.7. The molecule has 0 bridgehead atoms. The molecule has 2 aromatic carbocycles. The zero-order valence-corrected chi connectivity index (χ0v) is 16.0. The van der Waals surface area contributed by atoms with Crippen LogP contribution in [0.2, 0.25) is 5.02 Å². The van der Waals surface area contributed by atoms with Gasteiger partial charge in [0.15, 0.2) is 0 Å². The summed E-state index contributed by atoms with van der Waals surface area (Å²) < 4.78 is 27.4. The molecule has 2 amide bonds. The van der Waals surface area contributed by atoms with Crippen molar-refractivity contribution in [3.05, 3.63) is 59.1 Å². The van der Waals surface area contributed by atoms with E-state index in [1.807, 2.05) is 6.92 Å². The molecule has 1 saturated carbocycles. The van der Waals surface area contributed by atoms with E-state index in [1.54, 1.807) is 12.1 Å². The van der Waals surface area contributed by atoms with Crippen molar-refractivity contribution in [2.24, 2.45) is 11.8 Å². The molecule has 27 heavy (non-hydrogen) atoms. The van der Waals surface area contributed by atoms with Gasteiger partial charge in [0.25, 0.3) is 15.9 Å². The van der Waals surface area contributed by atoms with E-state index in [0.29, 0.717) is 16.6 Å². The average molecular weight is 408 g/mol. The molecule has 0 spiro atoms. The van der Waals surface area contributed by atoms with Crippen molar-refractivity contribution in [1.29, 1.82) is 0 Å². The lowest BCUT2D eigenvalue weighted by Crippen LogP contribution is -2.42. The van der Waals surface area contributed by atoms with Crippen LogP contribution < -0.4 is 15.6 Å². The van der Waals surface area contributed by atoms with Crippen LogP contribution in [-0.4, -0.2) is 20.2 Å². The summed E-state index contributed by atoms with van der Waals surface area (Å²) >= 11 is 5.79. The van der Waals surface area contributed by atoms with E-state index in [2.05, 4.69) is 15.6 Å². The number of sulfonamides is 1. The molecular formula is C18H18ClN3O4S. The second-order valence-electron chi connectivity index (χ2n) is 6.40.